The van der Waals surface area contributed by atoms with Gasteiger partial charge in [-0.3, -0.25) is 9.59 Å². The van der Waals surface area contributed by atoms with E-state index in [1.807, 2.05) is 13.1 Å². The van der Waals surface area contributed by atoms with Gasteiger partial charge < -0.3 is 19.0 Å². The zero-order valence-electron chi connectivity index (χ0n) is 16.0. The lowest BCUT2D eigenvalue weighted by atomic mass is 10.2. The van der Waals surface area contributed by atoms with Crippen LogP contribution in [0.2, 0.25) is 0 Å². The molecule has 0 saturated carbocycles. The minimum atomic E-state index is -0.444. The number of rotatable bonds is 5. The van der Waals surface area contributed by atoms with Crippen molar-refractivity contribution in [3.8, 4) is 5.75 Å². The van der Waals surface area contributed by atoms with Gasteiger partial charge in [0.2, 0.25) is 5.91 Å². The van der Waals surface area contributed by atoms with E-state index in [-0.39, 0.29) is 24.4 Å². The molecule has 0 fully saturated rings. The number of carbonyl (C=O) groups excluding carboxylic acids is 1. The highest BCUT2D eigenvalue weighted by Gasteiger charge is 2.14. The van der Waals surface area contributed by atoms with Gasteiger partial charge in [0.25, 0.3) is 5.56 Å². The number of aromatic nitrogens is 3. The van der Waals surface area contributed by atoms with E-state index in [2.05, 4.69) is 10.3 Å². The zero-order chi connectivity index (χ0) is 20.5. The number of hydrogen-bond acceptors (Lipinski definition) is 4. The first kappa shape index (κ1) is 18.7. The van der Waals surface area contributed by atoms with Crippen molar-refractivity contribution in [2.75, 3.05) is 12.4 Å². The van der Waals surface area contributed by atoms with Crippen LogP contribution in [0.25, 0.3) is 16.6 Å². The Hall–Kier alpha value is -3.68. The summed E-state index contributed by atoms with van der Waals surface area (Å²) in [6.07, 6.45) is 3.37. The lowest BCUT2D eigenvalue weighted by Crippen LogP contribution is -2.25. The molecule has 0 bridgehead atoms. The molecule has 0 saturated heterocycles. The maximum Gasteiger partial charge on any atom is 0.275 e. The maximum absolute atomic E-state index is 13.9. The molecule has 148 valence electrons. The van der Waals surface area contributed by atoms with Gasteiger partial charge in [-0.25, -0.2) is 9.37 Å². The van der Waals surface area contributed by atoms with E-state index in [1.54, 1.807) is 28.7 Å². The molecule has 0 radical (unpaired) electrons. The number of pyridine rings is 1. The fraction of sp³-hybridized carbons (Fsp3) is 0.190. The molecule has 1 amide bonds. The van der Waals surface area contributed by atoms with E-state index in [9.17, 15) is 14.0 Å². The van der Waals surface area contributed by atoms with Crippen molar-refractivity contribution in [1.82, 2.24) is 14.0 Å². The van der Waals surface area contributed by atoms with Crippen molar-refractivity contribution in [3.63, 3.8) is 0 Å². The largest absolute Gasteiger partial charge is 0.495 e. The Morgan fingerprint density at radius 2 is 2.00 bits per heavy atom. The Kier molecular flexibility index (Phi) is 4.75. The quantitative estimate of drug-likeness (QED) is 0.564. The summed E-state index contributed by atoms with van der Waals surface area (Å²) in [6.45, 7) is 2.00. The number of amides is 1. The number of fused-ring (bicyclic) bond motifs is 3. The highest BCUT2D eigenvalue weighted by Crippen LogP contribution is 2.19. The monoisotopic (exact) mass is 394 g/mol. The van der Waals surface area contributed by atoms with Crippen molar-refractivity contribution < 1.29 is 13.9 Å². The Morgan fingerprint density at radius 3 is 2.72 bits per heavy atom. The molecule has 29 heavy (non-hydrogen) atoms. The number of methoxy groups -OCH3 is 1. The molecule has 8 heteroatoms. The molecule has 0 aliphatic heterocycles. The standard InChI is InChI=1S/C21H19FN4O3/c1-13-9-18-21(28)25(17-10-14(22)3-5-16(17)26(18)12-13)8-7-20(27)24-19-6-4-15(29-2)11-23-19/h3-6,9-12H,7-8H2,1-2H3,(H,23,24,27). The van der Waals surface area contributed by atoms with E-state index in [4.69, 9.17) is 4.74 Å². The fourth-order valence-electron chi connectivity index (χ4n) is 3.34. The third-order valence-electron chi connectivity index (χ3n) is 4.71. The Labute approximate surface area is 165 Å². The predicted molar refractivity (Wildman–Crippen MR) is 108 cm³/mol. The summed E-state index contributed by atoms with van der Waals surface area (Å²) in [5, 5.41) is 2.68. The predicted octanol–water partition coefficient (Wildman–Crippen LogP) is 3.13. The molecular weight excluding hydrogens is 375 g/mol. The van der Waals surface area contributed by atoms with Crippen LogP contribution in [-0.2, 0) is 11.3 Å². The first-order chi connectivity index (χ1) is 14.0. The van der Waals surface area contributed by atoms with Crippen LogP contribution >= 0.6 is 0 Å². The summed E-state index contributed by atoms with van der Waals surface area (Å²) in [4.78, 5) is 29.4. The number of anilines is 1. The molecular formula is C21H19FN4O3. The maximum atomic E-state index is 13.9. The number of ether oxygens (including phenoxy) is 1. The Bertz CT molecular complexity index is 1280. The van der Waals surface area contributed by atoms with E-state index >= 15 is 0 Å². The van der Waals surface area contributed by atoms with Crippen LogP contribution in [0.4, 0.5) is 10.2 Å². The molecule has 0 aliphatic carbocycles. The van der Waals surface area contributed by atoms with Crippen molar-refractivity contribution in [2.24, 2.45) is 0 Å². The van der Waals surface area contributed by atoms with Crippen molar-refractivity contribution >= 4 is 28.3 Å². The normalized spacial score (nSPS) is 11.1. The average molecular weight is 394 g/mol. The second-order valence-electron chi connectivity index (χ2n) is 6.74. The van der Waals surface area contributed by atoms with E-state index < -0.39 is 5.82 Å². The number of carbonyl (C=O) groups is 1. The van der Waals surface area contributed by atoms with Crippen molar-refractivity contribution in [1.29, 1.82) is 0 Å². The first-order valence-electron chi connectivity index (χ1n) is 9.07. The summed E-state index contributed by atoms with van der Waals surface area (Å²) >= 11 is 0. The summed E-state index contributed by atoms with van der Waals surface area (Å²) < 4.78 is 22.1. The summed E-state index contributed by atoms with van der Waals surface area (Å²) in [5.74, 6) is 0.224. The highest BCUT2D eigenvalue weighted by molar-refractivity contribution is 5.90. The van der Waals surface area contributed by atoms with Crippen LogP contribution in [-0.4, -0.2) is 27.0 Å². The number of hydrogen-bond donors (Lipinski definition) is 1. The van der Waals surface area contributed by atoms with Crippen LogP contribution in [0.1, 0.15) is 12.0 Å². The lowest BCUT2D eigenvalue weighted by molar-refractivity contribution is -0.116. The van der Waals surface area contributed by atoms with Gasteiger partial charge in [0, 0.05) is 19.2 Å². The van der Waals surface area contributed by atoms with Crippen LogP contribution < -0.4 is 15.6 Å². The minimum Gasteiger partial charge on any atom is -0.495 e. The number of aryl methyl sites for hydroxylation is 2. The van der Waals surface area contributed by atoms with Gasteiger partial charge in [-0.1, -0.05) is 0 Å². The van der Waals surface area contributed by atoms with Crippen molar-refractivity contribution in [3.05, 3.63) is 70.5 Å². The number of nitrogens with zero attached hydrogens (tertiary/aromatic N) is 3. The molecule has 0 spiro atoms. The summed E-state index contributed by atoms with van der Waals surface area (Å²) in [7, 11) is 1.53. The van der Waals surface area contributed by atoms with Gasteiger partial charge >= 0.3 is 0 Å². The molecule has 0 unspecified atom stereocenters. The van der Waals surface area contributed by atoms with Crippen molar-refractivity contribution in [2.45, 2.75) is 19.9 Å². The second kappa shape index (κ2) is 7.38. The zero-order valence-corrected chi connectivity index (χ0v) is 16.0. The van der Waals surface area contributed by atoms with Gasteiger partial charge in [0.05, 0.1) is 24.3 Å². The molecule has 4 aromatic rings. The number of nitrogens with one attached hydrogen (secondary N) is 1. The number of halogens is 1. The fourth-order valence-corrected chi connectivity index (χ4v) is 3.34. The van der Waals surface area contributed by atoms with Gasteiger partial charge in [0.1, 0.15) is 22.9 Å². The molecule has 3 aromatic heterocycles. The summed E-state index contributed by atoms with van der Waals surface area (Å²) in [6, 6.07) is 9.40. The van der Waals surface area contributed by atoms with Gasteiger partial charge in [-0.2, -0.15) is 0 Å². The van der Waals surface area contributed by atoms with Gasteiger partial charge in [-0.15, -0.1) is 0 Å². The first-order valence-corrected chi connectivity index (χ1v) is 9.07. The third-order valence-corrected chi connectivity index (χ3v) is 4.71. The summed E-state index contributed by atoms with van der Waals surface area (Å²) in [5.41, 5.74) is 2.28. The second-order valence-corrected chi connectivity index (χ2v) is 6.74. The molecule has 1 aromatic carbocycles. The number of benzene rings is 1. The Balaban J connectivity index is 1.64. The van der Waals surface area contributed by atoms with Crippen LogP contribution in [0.5, 0.6) is 5.75 Å². The van der Waals surface area contributed by atoms with E-state index in [1.165, 1.54) is 30.0 Å². The van der Waals surface area contributed by atoms with E-state index in [0.717, 1.165) is 5.56 Å². The van der Waals surface area contributed by atoms with Gasteiger partial charge in [-0.05, 0) is 48.9 Å². The molecule has 7 nitrogen and oxygen atoms in total. The van der Waals surface area contributed by atoms with Crippen LogP contribution in [0.15, 0.2) is 53.6 Å². The SMILES string of the molecule is COc1ccc(NC(=O)CCn2c(=O)c3cc(C)cn3c3ccc(F)cc32)nc1. The Morgan fingerprint density at radius 1 is 1.17 bits per heavy atom. The van der Waals surface area contributed by atoms with Crippen LogP contribution in [0, 0.1) is 12.7 Å². The minimum absolute atomic E-state index is 0.0368. The molecule has 3 heterocycles. The topological polar surface area (TPSA) is 77.6 Å². The molecule has 0 atom stereocenters. The van der Waals surface area contributed by atoms with Crippen LogP contribution in [0.3, 0.4) is 0 Å². The smallest absolute Gasteiger partial charge is 0.275 e. The average Bonchev–Trinajstić information content (AvgIpc) is 3.10. The van der Waals surface area contributed by atoms with Gasteiger partial charge in [0.15, 0.2) is 0 Å². The van der Waals surface area contributed by atoms with E-state index in [0.29, 0.717) is 28.1 Å². The third kappa shape index (κ3) is 3.56. The lowest BCUT2D eigenvalue weighted by Gasteiger charge is -2.13. The molecule has 4 rings (SSSR count). The molecule has 0 aliphatic rings. The molecule has 1 N–H and O–H groups in total. The highest BCUT2D eigenvalue weighted by atomic mass is 19.1.